The van der Waals surface area contributed by atoms with E-state index in [0.29, 0.717) is 6.61 Å². The molecule has 0 amide bonds. The standard InChI is InChI=1S/C35H33NO3/c1-4-26-10-13-28(14-11-26)34-23-12-27(24-36-34)25-39-35(29-8-6-5-7-9-29,30-15-19-32(37-2)20-16-30)31-17-21-33(38-3)22-18-31/h5-24H,4,25H2,1-3H3. The van der Waals surface area contributed by atoms with Crippen LogP contribution in [0.5, 0.6) is 11.5 Å². The first-order valence-electron chi connectivity index (χ1n) is 13.2. The molecular weight excluding hydrogens is 482 g/mol. The van der Waals surface area contributed by atoms with Gasteiger partial charge in [-0.15, -0.1) is 0 Å². The maximum atomic E-state index is 6.98. The van der Waals surface area contributed by atoms with Crippen molar-refractivity contribution >= 4 is 0 Å². The van der Waals surface area contributed by atoms with Gasteiger partial charge in [-0.05, 0) is 64.6 Å². The Hall–Kier alpha value is -4.41. The van der Waals surface area contributed by atoms with Crippen molar-refractivity contribution in [3.63, 3.8) is 0 Å². The van der Waals surface area contributed by atoms with Crippen LogP contribution in [0.2, 0.25) is 0 Å². The predicted molar refractivity (Wildman–Crippen MR) is 156 cm³/mol. The first-order valence-corrected chi connectivity index (χ1v) is 13.2. The lowest BCUT2D eigenvalue weighted by molar-refractivity contribution is 0.0000786. The maximum Gasteiger partial charge on any atom is 0.144 e. The number of hydrogen-bond donors (Lipinski definition) is 0. The first-order chi connectivity index (χ1) is 19.2. The smallest absolute Gasteiger partial charge is 0.144 e. The third kappa shape index (κ3) is 5.57. The zero-order valence-corrected chi connectivity index (χ0v) is 22.6. The Morgan fingerprint density at radius 3 is 1.62 bits per heavy atom. The molecule has 4 heteroatoms. The van der Waals surface area contributed by atoms with Crippen molar-refractivity contribution in [3.8, 4) is 22.8 Å². The van der Waals surface area contributed by atoms with Crippen LogP contribution in [0.4, 0.5) is 0 Å². The van der Waals surface area contributed by atoms with Crippen LogP contribution in [0.1, 0.15) is 34.7 Å². The van der Waals surface area contributed by atoms with Crippen LogP contribution in [0.15, 0.2) is 121 Å². The number of hydrogen-bond acceptors (Lipinski definition) is 4. The van der Waals surface area contributed by atoms with E-state index in [1.165, 1.54) is 5.56 Å². The molecule has 0 aliphatic heterocycles. The van der Waals surface area contributed by atoms with Gasteiger partial charge in [-0.1, -0.05) is 91.9 Å². The fourth-order valence-corrected chi connectivity index (χ4v) is 4.86. The second-order valence-corrected chi connectivity index (χ2v) is 9.40. The number of benzene rings is 4. The topological polar surface area (TPSA) is 40.6 Å². The van der Waals surface area contributed by atoms with Gasteiger partial charge in [-0.3, -0.25) is 4.98 Å². The van der Waals surface area contributed by atoms with E-state index in [4.69, 9.17) is 19.2 Å². The first kappa shape index (κ1) is 26.2. The molecule has 5 rings (SSSR count). The highest BCUT2D eigenvalue weighted by Crippen LogP contribution is 2.42. The molecule has 0 saturated carbocycles. The largest absolute Gasteiger partial charge is 0.497 e. The van der Waals surface area contributed by atoms with Gasteiger partial charge in [0.25, 0.3) is 0 Å². The van der Waals surface area contributed by atoms with E-state index in [2.05, 4.69) is 79.7 Å². The highest BCUT2D eigenvalue weighted by Gasteiger charge is 2.38. The number of aryl methyl sites for hydroxylation is 1. The number of nitrogens with zero attached hydrogens (tertiary/aromatic N) is 1. The summed E-state index contributed by atoms with van der Waals surface area (Å²) < 4.78 is 17.9. The summed E-state index contributed by atoms with van der Waals surface area (Å²) in [5, 5.41) is 0. The average Bonchev–Trinajstić information content (AvgIpc) is 3.03. The molecule has 0 fully saturated rings. The van der Waals surface area contributed by atoms with Crippen molar-refractivity contribution in [2.75, 3.05) is 14.2 Å². The third-order valence-corrected chi connectivity index (χ3v) is 7.11. The lowest BCUT2D eigenvalue weighted by atomic mass is 9.80. The van der Waals surface area contributed by atoms with Gasteiger partial charge in [-0.2, -0.15) is 0 Å². The summed E-state index contributed by atoms with van der Waals surface area (Å²) in [5.41, 5.74) is 6.52. The summed E-state index contributed by atoms with van der Waals surface area (Å²) in [7, 11) is 3.35. The average molecular weight is 516 g/mol. The number of ether oxygens (including phenoxy) is 3. The normalized spacial score (nSPS) is 11.3. The van der Waals surface area contributed by atoms with Gasteiger partial charge in [0.2, 0.25) is 0 Å². The van der Waals surface area contributed by atoms with Gasteiger partial charge in [0, 0.05) is 11.8 Å². The summed E-state index contributed by atoms with van der Waals surface area (Å²) in [6.07, 6.45) is 2.93. The summed E-state index contributed by atoms with van der Waals surface area (Å²) in [4.78, 5) is 4.76. The van der Waals surface area contributed by atoms with Gasteiger partial charge >= 0.3 is 0 Å². The molecule has 0 N–H and O–H groups in total. The van der Waals surface area contributed by atoms with Gasteiger partial charge in [0.1, 0.15) is 17.1 Å². The summed E-state index contributed by atoms with van der Waals surface area (Å²) in [6.45, 7) is 2.53. The van der Waals surface area contributed by atoms with Crippen LogP contribution in [-0.4, -0.2) is 19.2 Å². The monoisotopic (exact) mass is 515 g/mol. The quantitative estimate of drug-likeness (QED) is 0.178. The van der Waals surface area contributed by atoms with Crippen molar-refractivity contribution in [2.24, 2.45) is 0 Å². The van der Waals surface area contributed by atoms with Crippen molar-refractivity contribution in [1.82, 2.24) is 4.98 Å². The second kappa shape index (κ2) is 12.0. The van der Waals surface area contributed by atoms with Crippen LogP contribution < -0.4 is 9.47 Å². The molecule has 4 nitrogen and oxygen atoms in total. The maximum absolute atomic E-state index is 6.98. The van der Waals surface area contributed by atoms with Crippen LogP contribution in [0, 0.1) is 0 Å². The second-order valence-electron chi connectivity index (χ2n) is 9.40. The van der Waals surface area contributed by atoms with Gasteiger partial charge < -0.3 is 14.2 Å². The fourth-order valence-electron chi connectivity index (χ4n) is 4.86. The molecule has 0 aliphatic carbocycles. The molecule has 0 saturated heterocycles. The van der Waals surface area contributed by atoms with Crippen molar-refractivity contribution in [3.05, 3.63) is 149 Å². The number of rotatable bonds is 10. The number of pyridine rings is 1. The Morgan fingerprint density at radius 2 is 1.13 bits per heavy atom. The van der Waals surface area contributed by atoms with E-state index in [-0.39, 0.29) is 0 Å². The minimum absolute atomic E-state index is 0.370. The summed E-state index contributed by atoms with van der Waals surface area (Å²) >= 11 is 0. The molecule has 39 heavy (non-hydrogen) atoms. The Kier molecular flexibility index (Phi) is 8.04. The SMILES string of the molecule is CCc1ccc(-c2ccc(COC(c3ccccc3)(c3ccc(OC)cc3)c3ccc(OC)cc3)cn2)cc1. The molecule has 1 aromatic heterocycles. The highest BCUT2D eigenvalue weighted by molar-refractivity contribution is 5.59. The lowest BCUT2D eigenvalue weighted by Gasteiger charge is -2.36. The molecule has 196 valence electrons. The molecule has 4 aromatic carbocycles. The van der Waals surface area contributed by atoms with E-state index in [1.54, 1.807) is 14.2 Å². The van der Waals surface area contributed by atoms with E-state index < -0.39 is 5.60 Å². The van der Waals surface area contributed by atoms with Crippen LogP contribution in [0.3, 0.4) is 0 Å². The third-order valence-electron chi connectivity index (χ3n) is 7.11. The molecule has 0 unspecified atom stereocenters. The molecule has 1 heterocycles. The highest BCUT2D eigenvalue weighted by atomic mass is 16.5. The van der Waals surface area contributed by atoms with Crippen LogP contribution >= 0.6 is 0 Å². The Bertz CT molecular complexity index is 1410. The molecule has 0 bridgehead atoms. The van der Waals surface area contributed by atoms with Gasteiger partial charge in [0.05, 0.1) is 26.5 Å². The minimum atomic E-state index is -0.867. The van der Waals surface area contributed by atoms with E-state index in [9.17, 15) is 0 Å². The molecule has 0 aliphatic rings. The zero-order chi connectivity index (χ0) is 27.1. The lowest BCUT2D eigenvalue weighted by Crippen LogP contribution is -2.32. The van der Waals surface area contributed by atoms with Crippen molar-refractivity contribution in [2.45, 2.75) is 25.6 Å². The summed E-state index contributed by atoms with van der Waals surface area (Å²) in [6, 6.07) is 39.2. The van der Waals surface area contributed by atoms with Crippen molar-refractivity contribution in [1.29, 1.82) is 0 Å². The molecule has 0 radical (unpaired) electrons. The molecular formula is C35H33NO3. The number of aromatic nitrogens is 1. The van der Waals surface area contributed by atoms with Crippen molar-refractivity contribution < 1.29 is 14.2 Å². The summed E-state index contributed by atoms with van der Waals surface area (Å²) in [5.74, 6) is 1.59. The Labute approximate surface area is 230 Å². The fraction of sp³-hybridized carbons (Fsp3) is 0.171. The van der Waals surface area contributed by atoms with E-state index in [1.807, 2.05) is 48.7 Å². The molecule has 0 atom stereocenters. The molecule has 5 aromatic rings. The zero-order valence-electron chi connectivity index (χ0n) is 22.6. The Balaban J connectivity index is 1.53. The van der Waals surface area contributed by atoms with E-state index in [0.717, 1.165) is 51.4 Å². The number of methoxy groups -OCH3 is 2. The predicted octanol–water partition coefficient (Wildman–Crippen LogP) is 7.84. The van der Waals surface area contributed by atoms with E-state index >= 15 is 0 Å². The van der Waals surface area contributed by atoms with Gasteiger partial charge in [0.15, 0.2) is 0 Å². The molecule has 0 spiro atoms. The van der Waals surface area contributed by atoms with Crippen LogP contribution in [-0.2, 0) is 23.4 Å². The van der Waals surface area contributed by atoms with Gasteiger partial charge in [-0.25, -0.2) is 0 Å². The van der Waals surface area contributed by atoms with Crippen LogP contribution in [0.25, 0.3) is 11.3 Å². The Morgan fingerprint density at radius 1 is 0.590 bits per heavy atom. The minimum Gasteiger partial charge on any atom is -0.497 e.